The first kappa shape index (κ1) is 16.8. The SMILES string of the molecule is Cc1ccc(C[C@@H]2CC[C@@H](NC(=O)OC(C)(C)C)CO2)cc1. The highest BCUT2D eigenvalue weighted by atomic mass is 16.6. The van der Waals surface area contributed by atoms with E-state index in [4.69, 9.17) is 9.47 Å². The van der Waals surface area contributed by atoms with Crippen molar-refractivity contribution < 1.29 is 14.3 Å². The molecule has 1 aliphatic heterocycles. The molecule has 0 spiro atoms. The Kier molecular flexibility index (Phi) is 5.46. The minimum absolute atomic E-state index is 0.0455. The Morgan fingerprint density at radius 1 is 1.27 bits per heavy atom. The summed E-state index contributed by atoms with van der Waals surface area (Å²) in [4.78, 5) is 11.7. The van der Waals surface area contributed by atoms with Crippen molar-refractivity contribution >= 4 is 6.09 Å². The molecule has 0 bridgehead atoms. The zero-order valence-electron chi connectivity index (χ0n) is 14.0. The second-order valence-corrected chi connectivity index (χ2v) is 7.07. The molecule has 1 fully saturated rings. The molecule has 1 N–H and O–H groups in total. The van der Waals surface area contributed by atoms with E-state index in [1.807, 2.05) is 20.8 Å². The van der Waals surface area contributed by atoms with Gasteiger partial charge < -0.3 is 14.8 Å². The van der Waals surface area contributed by atoms with E-state index in [1.54, 1.807) is 0 Å². The number of aryl methyl sites for hydroxylation is 1. The average Bonchev–Trinajstić information content (AvgIpc) is 2.41. The predicted octanol–water partition coefficient (Wildman–Crippen LogP) is 3.61. The van der Waals surface area contributed by atoms with Gasteiger partial charge in [-0.1, -0.05) is 29.8 Å². The molecule has 0 radical (unpaired) electrons. The maximum atomic E-state index is 11.7. The van der Waals surface area contributed by atoms with Gasteiger partial charge in [0.2, 0.25) is 0 Å². The van der Waals surface area contributed by atoms with E-state index >= 15 is 0 Å². The fourth-order valence-corrected chi connectivity index (χ4v) is 2.54. The van der Waals surface area contributed by atoms with Crippen LogP contribution in [0.25, 0.3) is 0 Å². The molecular formula is C18H27NO3. The van der Waals surface area contributed by atoms with Crippen molar-refractivity contribution in [3.05, 3.63) is 35.4 Å². The summed E-state index contributed by atoms with van der Waals surface area (Å²) in [5.74, 6) is 0. The van der Waals surface area contributed by atoms with Crippen LogP contribution in [0, 0.1) is 6.92 Å². The van der Waals surface area contributed by atoms with Gasteiger partial charge in [0.25, 0.3) is 0 Å². The number of rotatable bonds is 3. The van der Waals surface area contributed by atoms with Gasteiger partial charge in [-0.05, 0) is 52.5 Å². The number of alkyl carbamates (subject to hydrolysis) is 1. The van der Waals surface area contributed by atoms with Gasteiger partial charge in [-0.25, -0.2) is 4.79 Å². The van der Waals surface area contributed by atoms with Gasteiger partial charge in [0, 0.05) is 0 Å². The predicted molar refractivity (Wildman–Crippen MR) is 87.0 cm³/mol. The quantitative estimate of drug-likeness (QED) is 0.928. The normalized spacial score (nSPS) is 22.2. The van der Waals surface area contributed by atoms with Crippen LogP contribution in [0.15, 0.2) is 24.3 Å². The van der Waals surface area contributed by atoms with Crippen LogP contribution >= 0.6 is 0 Å². The van der Waals surface area contributed by atoms with Crippen LogP contribution in [0.2, 0.25) is 0 Å². The fourth-order valence-electron chi connectivity index (χ4n) is 2.54. The molecule has 4 heteroatoms. The smallest absolute Gasteiger partial charge is 0.407 e. The monoisotopic (exact) mass is 305 g/mol. The first-order valence-corrected chi connectivity index (χ1v) is 7.98. The Bertz CT molecular complexity index is 482. The standard InChI is InChI=1S/C18H27NO3/c1-13-5-7-14(8-6-13)11-16-10-9-15(12-21-16)19-17(20)22-18(2,3)4/h5-8,15-16H,9-12H2,1-4H3,(H,19,20)/t15-,16+/m1/s1. The number of ether oxygens (including phenoxy) is 2. The van der Waals surface area contributed by atoms with Crippen molar-refractivity contribution in [3.63, 3.8) is 0 Å². The van der Waals surface area contributed by atoms with Crippen LogP contribution < -0.4 is 5.32 Å². The molecule has 0 unspecified atom stereocenters. The third-order valence-electron chi connectivity index (χ3n) is 3.68. The largest absolute Gasteiger partial charge is 0.444 e. The molecule has 122 valence electrons. The van der Waals surface area contributed by atoms with Gasteiger partial charge >= 0.3 is 6.09 Å². The highest BCUT2D eigenvalue weighted by molar-refractivity contribution is 5.68. The van der Waals surface area contributed by atoms with Gasteiger partial charge in [0.15, 0.2) is 0 Å². The third-order valence-corrected chi connectivity index (χ3v) is 3.68. The van der Waals surface area contributed by atoms with Crippen LogP contribution in [0.3, 0.4) is 0 Å². The topological polar surface area (TPSA) is 47.6 Å². The van der Waals surface area contributed by atoms with Crippen molar-refractivity contribution in [2.75, 3.05) is 6.61 Å². The number of hydrogen-bond donors (Lipinski definition) is 1. The Labute approximate surface area is 133 Å². The summed E-state index contributed by atoms with van der Waals surface area (Å²) < 4.78 is 11.2. The average molecular weight is 305 g/mol. The molecule has 0 aliphatic carbocycles. The van der Waals surface area contributed by atoms with Gasteiger partial charge in [-0.15, -0.1) is 0 Å². The van der Waals surface area contributed by atoms with Crippen molar-refractivity contribution in [1.82, 2.24) is 5.32 Å². The second-order valence-electron chi connectivity index (χ2n) is 7.07. The molecule has 2 rings (SSSR count). The molecule has 1 aromatic carbocycles. The highest BCUT2D eigenvalue weighted by Crippen LogP contribution is 2.18. The van der Waals surface area contributed by atoms with Gasteiger partial charge in [0.1, 0.15) is 5.60 Å². The van der Waals surface area contributed by atoms with Crippen molar-refractivity contribution in [2.45, 2.75) is 64.7 Å². The molecule has 4 nitrogen and oxygen atoms in total. The maximum absolute atomic E-state index is 11.7. The summed E-state index contributed by atoms with van der Waals surface area (Å²) >= 11 is 0. The van der Waals surface area contributed by atoms with Gasteiger partial charge in [0.05, 0.1) is 18.8 Å². The molecule has 22 heavy (non-hydrogen) atoms. The van der Waals surface area contributed by atoms with E-state index in [0.29, 0.717) is 6.61 Å². The number of carbonyl (C=O) groups excluding carboxylic acids is 1. The zero-order chi connectivity index (χ0) is 16.2. The molecular weight excluding hydrogens is 278 g/mol. The van der Waals surface area contributed by atoms with E-state index in [-0.39, 0.29) is 18.2 Å². The summed E-state index contributed by atoms with van der Waals surface area (Å²) in [5.41, 5.74) is 2.11. The maximum Gasteiger partial charge on any atom is 0.407 e. The lowest BCUT2D eigenvalue weighted by atomic mass is 9.98. The van der Waals surface area contributed by atoms with Crippen LogP contribution in [0.1, 0.15) is 44.7 Å². The molecule has 1 heterocycles. The van der Waals surface area contributed by atoms with Crippen LogP contribution in [0.4, 0.5) is 4.79 Å². The van der Waals surface area contributed by atoms with Crippen molar-refractivity contribution in [2.24, 2.45) is 0 Å². The Balaban J connectivity index is 1.73. The minimum Gasteiger partial charge on any atom is -0.444 e. The summed E-state index contributed by atoms with van der Waals surface area (Å²) in [5, 5.41) is 2.88. The molecule has 1 aromatic rings. The van der Waals surface area contributed by atoms with Gasteiger partial charge in [-0.2, -0.15) is 0 Å². The number of hydrogen-bond acceptors (Lipinski definition) is 3. The molecule has 0 aromatic heterocycles. The molecule has 1 amide bonds. The lowest BCUT2D eigenvalue weighted by molar-refractivity contribution is -0.00740. The fraction of sp³-hybridized carbons (Fsp3) is 0.611. The van der Waals surface area contributed by atoms with E-state index in [1.165, 1.54) is 11.1 Å². The Morgan fingerprint density at radius 3 is 2.50 bits per heavy atom. The molecule has 2 atom stereocenters. The second kappa shape index (κ2) is 7.14. The molecule has 0 saturated carbocycles. The first-order valence-electron chi connectivity index (χ1n) is 7.98. The van der Waals surface area contributed by atoms with Crippen LogP contribution in [-0.4, -0.2) is 30.4 Å². The minimum atomic E-state index is -0.465. The third kappa shape index (κ3) is 5.68. The number of benzene rings is 1. The van der Waals surface area contributed by atoms with Crippen molar-refractivity contribution in [3.8, 4) is 0 Å². The lowest BCUT2D eigenvalue weighted by Crippen LogP contribution is -2.45. The van der Waals surface area contributed by atoms with Gasteiger partial charge in [-0.3, -0.25) is 0 Å². The lowest BCUT2D eigenvalue weighted by Gasteiger charge is -2.30. The number of amides is 1. The van der Waals surface area contributed by atoms with Crippen LogP contribution in [-0.2, 0) is 15.9 Å². The van der Waals surface area contributed by atoms with Crippen molar-refractivity contribution in [1.29, 1.82) is 0 Å². The zero-order valence-corrected chi connectivity index (χ0v) is 14.0. The van der Waals surface area contributed by atoms with E-state index in [9.17, 15) is 4.79 Å². The number of nitrogens with one attached hydrogen (secondary N) is 1. The Morgan fingerprint density at radius 2 is 1.95 bits per heavy atom. The summed E-state index contributed by atoms with van der Waals surface area (Å²) in [6.45, 7) is 8.23. The molecule has 1 aliphatic rings. The summed E-state index contributed by atoms with van der Waals surface area (Å²) in [7, 11) is 0. The van der Waals surface area contributed by atoms with E-state index in [0.717, 1.165) is 19.3 Å². The first-order chi connectivity index (χ1) is 10.3. The van der Waals surface area contributed by atoms with E-state index < -0.39 is 5.60 Å². The number of carbonyl (C=O) groups is 1. The highest BCUT2D eigenvalue weighted by Gasteiger charge is 2.25. The summed E-state index contributed by atoms with van der Waals surface area (Å²) in [6.07, 6.45) is 2.68. The molecule has 1 saturated heterocycles. The van der Waals surface area contributed by atoms with Crippen LogP contribution in [0.5, 0.6) is 0 Å². The summed E-state index contributed by atoms with van der Waals surface area (Å²) in [6, 6.07) is 8.62. The Hall–Kier alpha value is -1.55. The van der Waals surface area contributed by atoms with E-state index in [2.05, 4.69) is 36.5 Å².